The monoisotopic (exact) mass is 291 g/mol. The van der Waals surface area contributed by atoms with Gasteiger partial charge in [0.25, 0.3) is 0 Å². The Hall–Kier alpha value is -1.58. The second-order valence-electron chi connectivity index (χ2n) is 4.11. The molecule has 0 unspecified atom stereocenters. The van der Waals surface area contributed by atoms with Crippen molar-refractivity contribution in [3.63, 3.8) is 0 Å². The van der Waals surface area contributed by atoms with Gasteiger partial charge in [-0.1, -0.05) is 29.8 Å². The van der Waals surface area contributed by atoms with Crippen LogP contribution in [0, 0.1) is 6.92 Å². The maximum Gasteiger partial charge on any atom is 0.244 e. The second-order valence-corrected chi connectivity index (χ2v) is 5.47. The predicted octanol–water partition coefficient (Wildman–Crippen LogP) is 4.04. The summed E-state index contributed by atoms with van der Waals surface area (Å²) in [6.45, 7) is 2.46. The van der Waals surface area contributed by atoms with E-state index >= 15 is 0 Å². The largest absolute Gasteiger partial charge is 0.348 e. The van der Waals surface area contributed by atoms with Crippen LogP contribution in [-0.2, 0) is 11.3 Å². The van der Waals surface area contributed by atoms with Crippen LogP contribution < -0.4 is 5.32 Å². The van der Waals surface area contributed by atoms with Crippen LogP contribution in [0.1, 0.15) is 16.0 Å². The third-order valence-electron chi connectivity index (χ3n) is 2.70. The van der Waals surface area contributed by atoms with E-state index in [0.29, 0.717) is 11.6 Å². The van der Waals surface area contributed by atoms with Crippen molar-refractivity contribution >= 4 is 34.9 Å². The molecule has 1 N–H and O–H groups in total. The van der Waals surface area contributed by atoms with Gasteiger partial charge < -0.3 is 5.32 Å². The molecule has 19 heavy (non-hydrogen) atoms. The van der Waals surface area contributed by atoms with Crippen molar-refractivity contribution in [3.05, 3.63) is 62.8 Å². The Morgan fingerprint density at radius 1 is 1.37 bits per heavy atom. The Labute approximate surface area is 121 Å². The minimum absolute atomic E-state index is 0.118. The molecule has 4 heteroatoms. The number of hydrogen-bond donors (Lipinski definition) is 1. The van der Waals surface area contributed by atoms with Crippen LogP contribution in [0.25, 0.3) is 6.08 Å². The third kappa shape index (κ3) is 3.94. The highest BCUT2D eigenvalue weighted by atomic mass is 35.5. The summed E-state index contributed by atoms with van der Waals surface area (Å²) in [6, 6.07) is 9.51. The number of aryl methyl sites for hydroxylation is 1. The number of amides is 1. The molecule has 2 nitrogen and oxygen atoms in total. The maximum atomic E-state index is 11.7. The minimum atomic E-state index is -0.118. The second kappa shape index (κ2) is 6.55. The molecule has 1 heterocycles. The van der Waals surface area contributed by atoms with Gasteiger partial charge in [-0.2, -0.15) is 0 Å². The Morgan fingerprint density at radius 3 is 2.84 bits per heavy atom. The van der Waals surface area contributed by atoms with Gasteiger partial charge in [-0.05, 0) is 41.6 Å². The summed E-state index contributed by atoms with van der Waals surface area (Å²) >= 11 is 7.64. The normalized spacial score (nSPS) is 10.8. The predicted molar refractivity (Wildman–Crippen MR) is 81.4 cm³/mol. The molecule has 0 aliphatic rings. The van der Waals surface area contributed by atoms with E-state index in [9.17, 15) is 4.79 Å². The number of nitrogens with one attached hydrogen (secondary N) is 1. The first kappa shape index (κ1) is 13.8. The van der Waals surface area contributed by atoms with E-state index in [1.807, 2.05) is 48.7 Å². The first-order chi connectivity index (χ1) is 9.16. The van der Waals surface area contributed by atoms with Crippen LogP contribution >= 0.6 is 22.9 Å². The summed E-state index contributed by atoms with van der Waals surface area (Å²) in [7, 11) is 0. The highest BCUT2D eigenvalue weighted by Gasteiger charge is 2.01. The van der Waals surface area contributed by atoms with Crippen LogP contribution in [0.2, 0.25) is 5.02 Å². The molecule has 0 saturated heterocycles. The molecule has 0 spiro atoms. The molecular formula is C15H14ClNOS. The number of carbonyl (C=O) groups is 1. The van der Waals surface area contributed by atoms with Crippen molar-refractivity contribution in [3.8, 4) is 0 Å². The molecule has 0 saturated carbocycles. The minimum Gasteiger partial charge on any atom is -0.348 e. The van der Waals surface area contributed by atoms with Gasteiger partial charge in [0.2, 0.25) is 5.91 Å². The van der Waals surface area contributed by atoms with E-state index in [-0.39, 0.29) is 5.91 Å². The molecule has 1 amide bonds. The molecule has 0 aliphatic carbocycles. The highest BCUT2D eigenvalue weighted by Crippen LogP contribution is 2.17. The van der Waals surface area contributed by atoms with Gasteiger partial charge in [0.1, 0.15) is 0 Å². The average molecular weight is 292 g/mol. The van der Waals surface area contributed by atoms with Gasteiger partial charge in [-0.25, -0.2) is 0 Å². The molecule has 2 aromatic rings. The lowest BCUT2D eigenvalue weighted by Gasteiger charge is -2.04. The zero-order valence-corrected chi connectivity index (χ0v) is 12.1. The van der Waals surface area contributed by atoms with Gasteiger partial charge >= 0.3 is 0 Å². The van der Waals surface area contributed by atoms with Gasteiger partial charge in [0, 0.05) is 22.5 Å². The molecule has 1 aromatic carbocycles. The summed E-state index contributed by atoms with van der Waals surface area (Å²) in [5, 5.41) is 5.49. The fourth-order valence-electron chi connectivity index (χ4n) is 1.59. The number of benzene rings is 1. The van der Waals surface area contributed by atoms with Gasteiger partial charge in [0.15, 0.2) is 0 Å². The summed E-state index contributed by atoms with van der Waals surface area (Å²) < 4.78 is 0. The Morgan fingerprint density at radius 2 is 2.16 bits per heavy atom. The van der Waals surface area contributed by atoms with E-state index in [1.54, 1.807) is 17.4 Å². The van der Waals surface area contributed by atoms with Crippen LogP contribution in [0.5, 0.6) is 0 Å². The Kier molecular flexibility index (Phi) is 4.77. The van der Waals surface area contributed by atoms with Crippen molar-refractivity contribution in [1.29, 1.82) is 0 Å². The number of hydrogen-bond acceptors (Lipinski definition) is 2. The van der Waals surface area contributed by atoms with E-state index < -0.39 is 0 Å². The molecule has 0 bridgehead atoms. The van der Waals surface area contributed by atoms with Crippen LogP contribution in [0.3, 0.4) is 0 Å². The average Bonchev–Trinajstić information content (AvgIpc) is 2.81. The first-order valence-corrected chi connectivity index (χ1v) is 7.16. The lowest BCUT2D eigenvalue weighted by molar-refractivity contribution is -0.116. The molecule has 0 radical (unpaired) electrons. The first-order valence-electron chi connectivity index (χ1n) is 5.90. The summed E-state index contributed by atoms with van der Waals surface area (Å²) in [6.07, 6.45) is 3.39. The van der Waals surface area contributed by atoms with Crippen LogP contribution in [0.15, 0.2) is 41.8 Å². The van der Waals surface area contributed by atoms with Crippen molar-refractivity contribution in [2.24, 2.45) is 0 Å². The number of thiophene rings is 1. The zero-order chi connectivity index (χ0) is 13.7. The molecule has 2 rings (SSSR count). The van der Waals surface area contributed by atoms with Gasteiger partial charge in [-0.3, -0.25) is 4.79 Å². The summed E-state index contributed by atoms with van der Waals surface area (Å²) in [4.78, 5) is 12.8. The maximum absolute atomic E-state index is 11.7. The molecule has 0 aliphatic heterocycles. The number of rotatable bonds is 4. The van der Waals surface area contributed by atoms with E-state index in [4.69, 9.17) is 11.6 Å². The van der Waals surface area contributed by atoms with Gasteiger partial charge in [0.05, 0.1) is 0 Å². The standard InChI is InChI=1S/C15H14ClNOS/c1-11-8-9-19-14(11)6-7-15(18)17-10-12-4-2-3-5-13(12)16/h2-9H,10H2,1H3,(H,17,18)/b7-6+. The van der Waals surface area contributed by atoms with Crippen molar-refractivity contribution in [2.45, 2.75) is 13.5 Å². The van der Waals surface area contributed by atoms with Crippen molar-refractivity contribution < 1.29 is 4.79 Å². The molecular weight excluding hydrogens is 278 g/mol. The number of halogens is 1. The van der Waals surface area contributed by atoms with E-state index in [1.165, 1.54) is 5.56 Å². The lowest BCUT2D eigenvalue weighted by atomic mass is 10.2. The number of carbonyl (C=O) groups excluding carboxylic acids is 1. The van der Waals surface area contributed by atoms with E-state index in [0.717, 1.165) is 10.4 Å². The SMILES string of the molecule is Cc1ccsc1/C=C/C(=O)NCc1ccccc1Cl. The highest BCUT2D eigenvalue weighted by molar-refractivity contribution is 7.11. The molecule has 98 valence electrons. The Bertz CT molecular complexity index is 604. The Balaban J connectivity index is 1.91. The quantitative estimate of drug-likeness (QED) is 0.846. The topological polar surface area (TPSA) is 29.1 Å². The lowest BCUT2D eigenvalue weighted by Crippen LogP contribution is -2.20. The van der Waals surface area contributed by atoms with Crippen LogP contribution in [0.4, 0.5) is 0 Å². The fraction of sp³-hybridized carbons (Fsp3) is 0.133. The molecule has 0 atom stereocenters. The third-order valence-corrected chi connectivity index (χ3v) is 4.05. The fourth-order valence-corrected chi connectivity index (χ4v) is 2.61. The summed E-state index contributed by atoms with van der Waals surface area (Å²) in [5.74, 6) is -0.118. The molecule has 0 fully saturated rings. The molecule has 1 aromatic heterocycles. The van der Waals surface area contributed by atoms with Crippen molar-refractivity contribution in [2.75, 3.05) is 0 Å². The zero-order valence-electron chi connectivity index (χ0n) is 10.5. The van der Waals surface area contributed by atoms with Crippen molar-refractivity contribution in [1.82, 2.24) is 5.32 Å². The van der Waals surface area contributed by atoms with Gasteiger partial charge in [-0.15, -0.1) is 11.3 Å². The van der Waals surface area contributed by atoms with Crippen LogP contribution in [-0.4, -0.2) is 5.91 Å². The smallest absolute Gasteiger partial charge is 0.244 e. The van der Waals surface area contributed by atoms with E-state index in [2.05, 4.69) is 5.32 Å². The summed E-state index contributed by atoms with van der Waals surface area (Å²) in [5.41, 5.74) is 2.10.